The molecule has 4 rings (SSSR count). The molecule has 1 aliphatic carbocycles. The molecule has 3 N–H and O–H groups in total. The minimum atomic E-state index is -0.325. The number of ether oxygens (including phenoxy) is 1. The van der Waals surface area contributed by atoms with Crippen LogP contribution in [0.1, 0.15) is 22.3 Å². The van der Waals surface area contributed by atoms with Crippen LogP contribution < -0.4 is 10.6 Å². The molecule has 0 aliphatic heterocycles. The minimum absolute atomic E-state index is 0.0427. The first-order chi connectivity index (χ1) is 17.5. The zero-order valence-electron chi connectivity index (χ0n) is 19.3. The zero-order chi connectivity index (χ0) is 25.5. The fourth-order valence-corrected chi connectivity index (χ4v) is 5.19. The normalized spacial score (nSPS) is 12.5. The Bertz CT molecular complexity index is 1370. The van der Waals surface area contributed by atoms with Crippen LogP contribution in [0.5, 0.6) is 0 Å². The largest absolute Gasteiger partial charge is 0.394 e. The highest BCUT2D eigenvalue weighted by Crippen LogP contribution is 2.41. The van der Waals surface area contributed by atoms with Crippen molar-refractivity contribution in [2.75, 3.05) is 32.9 Å². The molecule has 0 heterocycles. The van der Waals surface area contributed by atoms with Crippen molar-refractivity contribution in [3.63, 3.8) is 0 Å². The van der Waals surface area contributed by atoms with E-state index in [1.165, 1.54) is 0 Å². The summed E-state index contributed by atoms with van der Waals surface area (Å²) in [6.07, 6.45) is 0.165. The number of ketones is 1. The third-order valence-corrected chi connectivity index (χ3v) is 7.22. The van der Waals surface area contributed by atoms with Crippen LogP contribution in [0.25, 0.3) is 16.5 Å². The first-order valence-corrected chi connectivity index (χ1v) is 13.0. The number of aliphatic hydroxyl groups excluding tert-OH is 1. The number of hydrogen-bond acceptors (Lipinski definition) is 7. The molecule has 0 bridgehead atoms. The Labute approximate surface area is 221 Å². The number of nitrogens with zero attached hydrogens (tertiary/aromatic N) is 1. The van der Waals surface area contributed by atoms with Crippen molar-refractivity contribution in [3.8, 4) is 6.07 Å². The molecule has 0 aromatic heterocycles. The summed E-state index contributed by atoms with van der Waals surface area (Å²) in [5.41, 5.74) is 1.77. The van der Waals surface area contributed by atoms with Gasteiger partial charge in [0.15, 0.2) is 0 Å². The monoisotopic (exact) mass is 565 g/mol. The molecule has 1 amide bonds. The van der Waals surface area contributed by atoms with E-state index in [1.807, 2.05) is 48.5 Å². The van der Waals surface area contributed by atoms with Gasteiger partial charge in [0.2, 0.25) is 11.7 Å². The molecule has 36 heavy (non-hydrogen) atoms. The quantitative estimate of drug-likeness (QED) is 0.297. The fraction of sp³-hybridized carbons (Fsp3) is 0.222. The van der Waals surface area contributed by atoms with Gasteiger partial charge in [0.1, 0.15) is 11.6 Å². The molecule has 0 unspecified atom stereocenters. The molecule has 9 heteroatoms. The number of nitrogens with one attached hydrogen (secondary N) is 2. The van der Waals surface area contributed by atoms with Gasteiger partial charge < -0.3 is 20.5 Å². The number of amides is 1. The molecule has 0 atom stereocenters. The van der Waals surface area contributed by atoms with Crippen molar-refractivity contribution >= 4 is 55.9 Å². The summed E-state index contributed by atoms with van der Waals surface area (Å²) >= 11 is 5.07. The zero-order valence-corrected chi connectivity index (χ0v) is 21.7. The number of Topliss-reactive ketones (excluding diaryl/α,β-unsaturated/α-hetero) is 1. The lowest BCUT2D eigenvalue weighted by Gasteiger charge is -2.22. The van der Waals surface area contributed by atoms with Crippen molar-refractivity contribution < 1.29 is 19.4 Å². The van der Waals surface area contributed by atoms with Crippen LogP contribution in [0, 0.1) is 11.3 Å². The van der Waals surface area contributed by atoms with Crippen molar-refractivity contribution in [2.24, 2.45) is 0 Å². The van der Waals surface area contributed by atoms with Crippen LogP contribution in [-0.4, -0.2) is 49.7 Å². The summed E-state index contributed by atoms with van der Waals surface area (Å²) in [6.45, 7) is 1.09. The molecular formula is C27H24BrN3O4S. The van der Waals surface area contributed by atoms with Crippen molar-refractivity contribution in [2.45, 2.75) is 16.2 Å². The Morgan fingerprint density at radius 2 is 1.86 bits per heavy atom. The number of rotatable bonds is 11. The Kier molecular flexibility index (Phi) is 8.78. The predicted octanol–water partition coefficient (Wildman–Crippen LogP) is 4.29. The van der Waals surface area contributed by atoms with Crippen LogP contribution in [0.3, 0.4) is 0 Å². The average Bonchev–Trinajstić information content (AvgIpc) is 2.89. The molecule has 1 aliphatic rings. The van der Waals surface area contributed by atoms with Crippen LogP contribution >= 0.6 is 27.7 Å². The number of hydrogen-bond donors (Lipinski definition) is 3. The number of carbonyl (C=O) groups is 2. The maximum absolute atomic E-state index is 13.2. The van der Waals surface area contributed by atoms with Gasteiger partial charge in [-0.1, -0.05) is 52.0 Å². The van der Waals surface area contributed by atoms with Crippen LogP contribution in [0.15, 0.2) is 74.4 Å². The number of halogens is 1. The average molecular weight is 566 g/mol. The Hall–Kier alpha value is -3.16. The highest BCUT2D eigenvalue weighted by atomic mass is 79.9. The Morgan fingerprint density at radius 3 is 2.61 bits per heavy atom. The van der Waals surface area contributed by atoms with Gasteiger partial charge >= 0.3 is 0 Å². The highest BCUT2D eigenvalue weighted by molar-refractivity contribution is 9.10. The van der Waals surface area contributed by atoms with E-state index in [-0.39, 0.29) is 43.4 Å². The van der Waals surface area contributed by atoms with E-state index in [9.17, 15) is 14.9 Å². The molecule has 0 saturated carbocycles. The van der Waals surface area contributed by atoms with Crippen molar-refractivity contribution in [1.29, 1.82) is 5.26 Å². The molecule has 0 radical (unpaired) electrons. The van der Waals surface area contributed by atoms with E-state index in [0.29, 0.717) is 24.4 Å². The van der Waals surface area contributed by atoms with Crippen LogP contribution in [0.4, 0.5) is 0 Å². The van der Waals surface area contributed by atoms with Crippen molar-refractivity contribution in [3.05, 3.63) is 75.8 Å². The van der Waals surface area contributed by atoms with E-state index in [4.69, 9.17) is 9.84 Å². The fourth-order valence-electron chi connectivity index (χ4n) is 3.99. The summed E-state index contributed by atoms with van der Waals surface area (Å²) in [5.74, 6) is -0.502. The van der Waals surface area contributed by atoms with Crippen molar-refractivity contribution in [1.82, 2.24) is 10.6 Å². The summed E-state index contributed by atoms with van der Waals surface area (Å²) in [4.78, 5) is 27.5. The van der Waals surface area contributed by atoms with Crippen LogP contribution in [-0.2, 0) is 9.53 Å². The first-order valence-electron chi connectivity index (χ1n) is 11.4. The molecule has 0 spiro atoms. The Morgan fingerprint density at radius 1 is 1.06 bits per heavy atom. The van der Waals surface area contributed by atoms with E-state index in [2.05, 4.69) is 32.6 Å². The topological polar surface area (TPSA) is 111 Å². The maximum atomic E-state index is 13.2. The molecule has 7 nitrogen and oxygen atoms in total. The molecule has 184 valence electrons. The molecular weight excluding hydrogens is 542 g/mol. The second-order valence-corrected chi connectivity index (χ2v) is 9.98. The molecule has 3 aromatic carbocycles. The number of benzene rings is 3. The van der Waals surface area contributed by atoms with Gasteiger partial charge in [0, 0.05) is 50.3 Å². The molecule has 3 aromatic rings. The first kappa shape index (κ1) is 25.9. The second-order valence-electron chi connectivity index (χ2n) is 7.95. The lowest BCUT2D eigenvalue weighted by atomic mass is 9.86. The van der Waals surface area contributed by atoms with Gasteiger partial charge in [0.05, 0.1) is 25.5 Å². The van der Waals surface area contributed by atoms with Gasteiger partial charge in [0.25, 0.3) is 0 Å². The van der Waals surface area contributed by atoms with Crippen LogP contribution in [0.2, 0.25) is 0 Å². The number of allylic oxidation sites excluding steroid dienone is 1. The van der Waals surface area contributed by atoms with Gasteiger partial charge in [-0.3, -0.25) is 9.59 Å². The summed E-state index contributed by atoms with van der Waals surface area (Å²) in [7, 11) is 0. The summed E-state index contributed by atoms with van der Waals surface area (Å²) < 4.78 is 6.13. The minimum Gasteiger partial charge on any atom is -0.394 e. The Balaban J connectivity index is 1.56. The van der Waals surface area contributed by atoms with Gasteiger partial charge in [-0.15, -0.1) is 0 Å². The van der Waals surface area contributed by atoms with Gasteiger partial charge in [-0.05, 0) is 35.7 Å². The summed E-state index contributed by atoms with van der Waals surface area (Å²) in [5, 5.41) is 26.1. The predicted molar refractivity (Wildman–Crippen MR) is 143 cm³/mol. The van der Waals surface area contributed by atoms with E-state index in [1.54, 1.807) is 17.8 Å². The van der Waals surface area contributed by atoms with E-state index >= 15 is 0 Å². The molecule has 0 saturated heterocycles. The third-order valence-electron chi connectivity index (χ3n) is 5.60. The smallest absolute Gasteiger partial charge is 0.221 e. The number of nitriles is 1. The number of carbonyl (C=O) groups excluding carboxylic acids is 2. The lowest BCUT2D eigenvalue weighted by Crippen LogP contribution is -2.31. The number of aliphatic hydroxyl groups is 1. The SMILES string of the molecule is N#CC1=C(NCCC(=O)NCCOCCO)c2ccc(Sc3ccc(Br)cc3)c3cccc(c23)C1=O. The second kappa shape index (κ2) is 12.2. The highest BCUT2D eigenvalue weighted by Gasteiger charge is 2.28. The maximum Gasteiger partial charge on any atom is 0.221 e. The summed E-state index contributed by atoms with van der Waals surface area (Å²) in [6, 6.07) is 19.6. The van der Waals surface area contributed by atoms with Gasteiger partial charge in [-0.25, -0.2) is 0 Å². The van der Waals surface area contributed by atoms with Gasteiger partial charge in [-0.2, -0.15) is 5.26 Å². The van der Waals surface area contributed by atoms with E-state index in [0.717, 1.165) is 30.6 Å². The standard InChI is InChI=1S/C27H24BrN3O4S/c28-17-4-6-18(7-5-17)36-23-9-8-20-25-19(23)2-1-3-21(25)27(34)22(16-29)26(20)31-11-10-24(33)30-12-14-35-15-13-32/h1-9,31-32H,10-15H2,(H,30,33). The lowest BCUT2D eigenvalue weighted by molar-refractivity contribution is -0.121. The molecule has 0 fully saturated rings. The third kappa shape index (κ3) is 5.79. The van der Waals surface area contributed by atoms with E-state index < -0.39 is 0 Å².